The molecular formula is C13H18ClNO. The van der Waals surface area contributed by atoms with Gasteiger partial charge in [-0.2, -0.15) is 0 Å². The maximum Gasteiger partial charge on any atom is 0.153 e. The predicted octanol–water partition coefficient (Wildman–Crippen LogP) is 2.97. The van der Waals surface area contributed by atoms with Crippen LogP contribution in [0.25, 0.3) is 0 Å². The van der Waals surface area contributed by atoms with E-state index < -0.39 is 0 Å². The second kappa shape index (κ2) is 6.66. The van der Waals surface area contributed by atoms with Gasteiger partial charge in [0.2, 0.25) is 0 Å². The Kier molecular flexibility index (Phi) is 5.50. The summed E-state index contributed by atoms with van der Waals surface area (Å²) in [5, 5.41) is 0.660. The Balaban J connectivity index is 2.50. The zero-order chi connectivity index (χ0) is 12.0. The summed E-state index contributed by atoms with van der Waals surface area (Å²) in [5.41, 5.74) is 6.74. The van der Waals surface area contributed by atoms with Gasteiger partial charge in [-0.05, 0) is 24.1 Å². The number of hydrogen-bond acceptors (Lipinski definition) is 2. The molecule has 0 heterocycles. The third kappa shape index (κ3) is 4.33. The largest absolute Gasteiger partial charge is 0.321 e. The van der Waals surface area contributed by atoms with Crippen molar-refractivity contribution >= 4 is 17.4 Å². The van der Waals surface area contributed by atoms with E-state index in [0.29, 0.717) is 11.4 Å². The molecule has 0 radical (unpaired) electrons. The summed E-state index contributed by atoms with van der Waals surface area (Å²) in [4.78, 5) is 11.8. The summed E-state index contributed by atoms with van der Waals surface area (Å²) in [6.45, 7) is 2.09. The van der Waals surface area contributed by atoms with E-state index in [4.69, 9.17) is 17.3 Å². The summed E-state index contributed by atoms with van der Waals surface area (Å²) in [6.07, 6.45) is 3.22. The standard InChI is InChI=1S/C13H18ClNO/c1-2-3-7-12(15)13(16)9-10-5-4-6-11(14)8-10/h4-6,8,12H,2-3,7,9,15H2,1H3. The average Bonchev–Trinajstić information content (AvgIpc) is 2.25. The Morgan fingerprint density at radius 2 is 2.25 bits per heavy atom. The summed E-state index contributed by atoms with van der Waals surface area (Å²) < 4.78 is 0. The molecule has 1 aromatic rings. The molecular weight excluding hydrogens is 222 g/mol. The number of carbonyl (C=O) groups is 1. The minimum atomic E-state index is -0.334. The lowest BCUT2D eigenvalue weighted by Gasteiger charge is -2.09. The Morgan fingerprint density at radius 3 is 2.88 bits per heavy atom. The zero-order valence-corrected chi connectivity index (χ0v) is 10.3. The molecule has 16 heavy (non-hydrogen) atoms. The van der Waals surface area contributed by atoms with E-state index in [0.717, 1.165) is 24.8 Å². The monoisotopic (exact) mass is 239 g/mol. The molecule has 1 unspecified atom stereocenters. The van der Waals surface area contributed by atoms with Crippen LogP contribution in [0.1, 0.15) is 31.7 Å². The van der Waals surface area contributed by atoms with Crippen LogP contribution in [0.3, 0.4) is 0 Å². The minimum Gasteiger partial charge on any atom is -0.321 e. The van der Waals surface area contributed by atoms with Crippen LogP contribution in [-0.4, -0.2) is 11.8 Å². The molecule has 2 nitrogen and oxygen atoms in total. The van der Waals surface area contributed by atoms with Crippen molar-refractivity contribution < 1.29 is 4.79 Å². The van der Waals surface area contributed by atoms with Crippen LogP contribution in [-0.2, 0) is 11.2 Å². The van der Waals surface area contributed by atoms with Crippen molar-refractivity contribution in [1.82, 2.24) is 0 Å². The van der Waals surface area contributed by atoms with Gasteiger partial charge < -0.3 is 5.73 Å². The van der Waals surface area contributed by atoms with Crippen molar-refractivity contribution in [3.8, 4) is 0 Å². The zero-order valence-electron chi connectivity index (χ0n) is 9.58. The highest BCUT2D eigenvalue weighted by atomic mass is 35.5. The maximum atomic E-state index is 11.8. The molecule has 0 saturated heterocycles. The molecule has 0 aliphatic rings. The minimum absolute atomic E-state index is 0.0933. The van der Waals surface area contributed by atoms with E-state index in [-0.39, 0.29) is 11.8 Å². The van der Waals surface area contributed by atoms with E-state index in [9.17, 15) is 4.79 Å². The molecule has 0 amide bonds. The van der Waals surface area contributed by atoms with Crippen LogP contribution in [0.2, 0.25) is 5.02 Å². The molecule has 0 fully saturated rings. The Labute approximate surface area is 102 Å². The number of rotatable bonds is 6. The molecule has 0 aliphatic carbocycles. The van der Waals surface area contributed by atoms with Crippen LogP contribution in [0.4, 0.5) is 0 Å². The van der Waals surface area contributed by atoms with Gasteiger partial charge in [0.15, 0.2) is 5.78 Å². The van der Waals surface area contributed by atoms with Crippen molar-refractivity contribution in [1.29, 1.82) is 0 Å². The SMILES string of the molecule is CCCCC(N)C(=O)Cc1cccc(Cl)c1. The highest BCUT2D eigenvalue weighted by Gasteiger charge is 2.13. The first-order chi connectivity index (χ1) is 7.63. The number of benzene rings is 1. The molecule has 2 N–H and O–H groups in total. The lowest BCUT2D eigenvalue weighted by Crippen LogP contribution is -2.31. The molecule has 0 bridgehead atoms. The lowest BCUT2D eigenvalue weighted by atomic mass is 10.0. The normalized spacial score (nSPS) is 12.4. The fourth-order valence-corrected chi connectivity index (χ4v) is 1.78. The van der Waals surface area contributed by atoms with Crippen LogP contribution in [0.15, 0.2) is 24.3 Å². The van der Waals surface area contributed by atoms with Crippen molar-refractivity contribution in [2.75, 3.05) is 0 Å². The number of nitrogens with two attached hydrogens (primary N) is 1. The molecule has 0 aliphatic heterocycles. The number of halogens is 1. The Bertz CT molecular complexity index is 352. The quantitative estimate of drug-likeness (QED) is 0.830. The number of hydrogen-bond donors (Lipinski definition) is 1. The van der Waals surface area contributed by atoms with Crippen LogP contribution in [0.5, 0.6) is 0 Å². The highest BCUT2D eigenvalue weighted by Crippen LogP contribution is 2.12. The molecule has 1 rings (SSSR count). The topological polar surface area (TPSA) is 43.1 Å². The van der Waals surface area contributed by atoms with Gasteiger partial charge in [-0.25, -0.2) is 0 Å². The van der Waals surface area contributed by atoms with E-state index in [1.165, 1.54) is 0 Å². The predicted molar refractivity (Wildman–Crippen MR) is 67.7 cm³/mol. The van der Waals surface area contributed by atoms with Gasteiger partial charge >= 0.3 is 0 Å². The summed E-state index contributed by atoms with van der Waals surface area (Å²) in [5.74, 6) is 0.0933. The number of unbranched alkanes of at least 4 members (excludes halogenated alkanes) is 1. The molecule has 3 heteroatoms. The van der Waals surface area contributed by atoms with E-state index in [1.807, 2.05) is 18.2 Å². The first kappa shape index (κ1) is 13.2. The third-order valence-corrected chi connectivity index (χ3v) is 2.78. The molecule has 0 spiro atoms. The lowest BCUT2D eigenvalue weighted by molar-refractivity contribution is -0.119. The Hall–Kier alpha value is -0.860. The average molecular weight is 240 g/mol. The van der Waals surface area contributed by atoms with Crippen molar-refractivity contribution in [3.05, 3.63) is 34.9 Å². The van der Waals surface area contributed by atoms with E-state index in [2.05, 4.69) is 6.92 Å². The van der Waals surface area contributed by atoms with Gasteiger partial charge in [0.25, 0.3) is 0 Å². The van der Waals surface area contributed by atoms with E-state index in [1.54, 1.807) is 6.07 Å². The molecule has 88 valence electrons. The second-order valence-electron chi connectivity index (χ2n) is 4.02. The van der Waals surface area contributed by atoms with Gasteiger partial charge in [-0.3, -0.25) is 4.79 Å². The van der Waals surface area contributed by atoms with Gasteiger partial charge in [0.1, 0.15) is 0 Å². The first-order valence-corrected chi connectivity index (χ1v) is 6.04. The summed E-state index contributed by atoms with van der Waals surface area (Å²) in [6, 6.07) is 7.02. The highest BCUT2D eigenvalue weighted by molar-refractivity contribution is 6.30. The maximum absolute atomic E-state index is 11.8. The molecule has 1 aromatic carbocycles. The second-order valence-corrected chi connectivity index (χ2v) is 4.46. The molecule has 1 atom stereocenters. The van der Waals surface area contributed by atoms with E-state index >= 15 is 0 Å². The smallest absolute Gasteiger partial charge is 0.153 e. The van der Waals surface area contributed by atoms with Crippen LogP contribution >= 0.6 is 11.6 Å². The van der Waals surface area contributed by atoms with Crippen molar-refractivity contribution in [2.45, 2.75) is 38.6 Å². The number of carbonyl (C=O) groups excluding carboxylic acids is 1. The van der Waals surface area contributed by atoms with Gasteiger partial charge in [-0.15, -0.1) is 0 Å². The van der Waals surface area contributed by atoms with Crippen molar-refractivity contribution in [2.24, 2.45) is 5.73 Å². The van der Waals surface area contributed by atoms with Gasteiger partial charge in [0.05, 0.1) is 6.04 Å². The third-order valence-electron chi connectivity index (χ3n) is 2.55. The fourth-order valence-electron chi connectivity index (χ4n) is 1.56. The van der Waals surface area contributed by atoms with Gasteiger partial charge in [-0.1, -0.05) is 43.5 Å². The van der Waals surface area contributed by atoms with Crippen molar-refractivity contribution in [3.63, 3.8) is 0 Å². The summed E-state index contributed by atoms with van der Waals surface area (Å²) >= 11 is 5.85. The number of ketones is 1. The molecule has 0 saturated carbocycles. The van der Waals surface area contributed by atoms with Crippen LogP contribution in [0, 0.1) is 0 Å². The van der Waals surface area contributed by atoms with Crippen LogP contribution < -0.4 is 5.73 Å². The molecule has 0 aromatic heterocycles. The fraction of sp³-hybridized carbons (Fsp3) is 0.462. The first-order valence-electron chi connectivity index (χ1n) is 5.66. The number of Topliss-reactive ketones (excluding diaryl/α,β-unsaturated/α-hetero) is 1. The van der Waals surface area contributed by atoms with Gasteiger partial charge in [0, 0.05) is 11.4 Å². The summed E-state index contributed by atoms with van der Waals surface area (Å²) in [7, 11) is 0. The Morgan fingerprint density at radius 1 is 1.50 bits per heavy atom.